The Hall–Kier alpha value is -2.63. The minimum absolute atomic E-state index is 0.000748. The van der Waals surface area contributed by atoms with Crippen molar-refractivity contribution in [1.29, 1.82) is 5.26 Å². The number of amides is 4. The molecule has 35 heavy (non-hydrogen) atoms. The van der Waals surface area contributed by atoms with Gasteiger partial charge in [-0.25, -0.2) is 0 Å². The highest BCUT2D eigenvalue weighted by Crippen LogP contribution is 2.65. The number of rotatable bonds is 10. The van der Waals surface area contributed by atoms with E-state index >= 15 is 0 Å². The molecule has 2 aliphatic heterocycles. The van der Waals surface area contributed by atoms with Crippen molar-refractivity contribution in [2.45, 2.75) is 84.3 Å². The number of carbonyl (C=O) groups excluding carboxylic acids is 4. The molecule has 3 N–H and O–H groups in total. The van der Waals surface area contributed by atoms with E-state index in [1.165, 1.54) is 0 Å². The highest BCUT2D eigenvalue weighted by Gasteiger charge is 2.69. The lowest BCUT2D eigenvalue weighted by Crippen LogP contribution is -2.57. The van der Waals surface area contributed by atoms with E-state index < -0.39 is 18.1 Å². The van der Waals surface area contributed by atoms with Gasteiger partial charge in [-0.15, -0.1) is 0 Å². The summed E-state index contributed by atoms with van der Waals surface area (Å²) in [5.74, 6) is -0.230. The molecule has 0 unspecified atom stereocenters. The summed E-state index contributed by atoms with van der Waals surface area (Å²) in [5.41, 5.74) is -0.0479. The molecule has 9 heteroatoms. The predicted molar refractivity (Wildman–Crippen MR) is 128 cm³/mol. The van der Waals surface area contributed by atoms with Crippen molar-refractivity contribution in [1.82, 2.24) is 20.9 Å². The standard InChI is InChI=1S/C26H39N5O4/c1-14(2)11-19(30-23(33)15-5-6-15)25(35)31-13-18-20(26(18,3)4)21(31)24(34)29-17(12-27)8-7-16-9-10-28-22(16)32/h14-21H,5-11,13H2,1-4H3,(H,28,32)(H,29,34)(H,30,33)/t16-,17+,18+,19+,20+,21+/m1/s1. The third kappa shape index (κ3) is 5.31. The van der Waals surface area contributed by atoms with E-state index in [2.05, 4.69) is 35.9 Å². The largest absolute Gasteiger partial charge is 0.356 e. The second-order valence-electron chi connectivity index (χ2n) is 11.9. The molecule has 4 amide bonds. The smallest absolute Gasteiger partial charge is 0.245 e. The maximum atomic E-state index is 13.7. The normalized spacial score (nSPS) is 30.2. The van der Waals surface area contributed by atoms with E-state index in [-0.39, 0.29) is 58.6 Å². The summed E-state index contributed by atoms with van der Waals surface area (Å²) in [5, 5.41) is 18.3. The van der Waals surface area contributed by atoms with Gasteiger partial charge in [0, 0.05) is 24.9 Å². The van der Waals surface area contributed by atoms with Crippen LogP contribution in [0.1, 0.15) is 66.2 Å². The molecular formula is C26H39N5O4. The molecular weight excluding hydrogens is 446 g/mol. The van der Waals surface area contributed by atoms with Gasteiger partial charge < -0.3 is 20.9 Å². The SMILES string of the molecule is CC(C)C[C@H](NC(=O)C1CC1)C(=O)N1C[C@H]2[C@@H]([C@H]1C(=O)N[C@H](C#N)CC[C@@H]1CCNC1=O)C2(C)C. The monoisotopic (exact) mass is 485 g/mol. The van der Waals surface area contributed by atoms with E-state index in [4.69, 9.17) is 0 Å². The minimum Gasteiger partial charge on any atom is -0.356 e. The van der Waals surface area contributed by atoms with Crippen LogP contribution in [-0.4, -0.2) is 59.7 Å². The van der Waals surface area contributed by atoms with Gasteiger partial charge in [-0.1, -0.05) is 27.7 Å². The second kappa shape index (κ2) is 9.79. The Morgan fingerprint density at radius 2 is 1.89 bits per heavy atom. The lowest BCUT2D eigenvalue weighted by Gasteiger charge is -2.34. The highest BCUT2D eigenvalue weighted by atomic mass is 16.2. The van der Waals surface area contributed by atoms with Crippen molar-refractivity contribution in [2.75, 3.05) is 13.1 Å². The molecule has 0 bridgehead atoms. The van der Waals surface area contributed by atoms with Crippen LogP contribution in [0.3, 0.4) is 0 Å². The van der Waals surface area contributed by atoms with Crippen molar-refractivity contribution in [3.05, 3.63) is 0 Å². The van der Waals surface area contributed by atoms with Gasteiger partial charge in [-0.2, -0.15) is 5.26 Å². The molecule has 0 spiro atoms. The van der Waals surface area contributed by atoms with Crippen molar-refractivity contribution in [3.63, 3.8) is 0 Å². The molecule has 0 aromatic carbocycles. The quantitative estimate of drug-likeness (QED) is 0.430. The number of nitriles is 1. The summed E-state index contributed by atoms with van der Waals surface area (Å²) in [6.07, 6.45) is 3.92. The summed E-state index contributed by atoms with van der Waals surface area (Å²) in [6.45, 7) is 9.40. The summed E-state index contributed by atoms with van der Waals surface area (Å²) < 4.78 is 0. The van der Waals surface area contributed by atoms with E-state index in [1.807, 2.05) is 13.8 Å². The van der Waals surface area contributed by atoms with Gasteiger partial charge >= 0.3 is 0 Å². The first-order valence-electron chi connectivity index (χ1n) is 13.1. The molecule has 0 aromatic heterocycles. The lowest BCUT2D eigenvalue weighted by molar-refractivity contribution is -0.143. The molecule has 9 nitrogen and oxygen atoms in total. The third-order valence-corrected chi connectivity index (χ3v) is 8.47. The van der Waals surface area contributed by atoms with Crippen molar-refractivity contribution in [3.8, 4) is 6.07 Å². The van der Waals surface area contributed by atoms with Crippen molar-refractivity contribution in [2.24, 2.45) is 35.0 Å². The Morgan fingerprint density at radius 1 is 1.17 bits per heavy atom. The topological polar surface area (TPSA) is 131 Å². The van der Waals surface area contributed by atoms with E-state index in [1.54, 1.807) is 4.90 Å². The third-order valence-electron chi connectivity index (χ3n) is 8.47. The molecule has 2 saturated carbocycles. The van der Waals surface area contributed by atoms with E-state index in [0.717, 1.165) is 19.3 Å². The van der Waals surface area contributed by atoms with Gasteiger partial charge in [-0.3, -0.25) is 19.2 Å². The van der Waals surface area contributed by atoms with Gasteiger partial charge in [-0.05, 0) is 61.7 Å². The van der Waals surface area contributed by atoms with E-state index in [9.17, 15) is 24.4 Å². The first-order valence-corrected chi connectivity index (χ1v) is 13.1. The van der Waals surface area contributed by atoms with Crippen LogP contribution in [-0.2, 0) is 19.2 Å². The molecule has 4 aliphatic rings. The van der Waals surface area contributed by atoms with Crippen LogP contribution < -0.4 is 16.0 Å². The fourth-order valence-electron chi connectivity index (χ4n) is 6.06. The van der Waals surface area contributed by atoms with Crippen LogP contribution in [0, 0.1) is 46.3 Å². The van der Waals surface area contributed by atoms with Crippen LogP contribution in [0.25, 0.3) is 0 Å². The second-order valence-corrected chi connectivity index (χ2v) is 11.9. The van der Waals surface area contributed by atoms with Gasteiger partial charge in [0.25, 0.3) is 0 Å². The molecule has 6 atom stereocenters. The summed E-state index contributed by atoms with van der Waals surface area (Å²) in [6, 6.07) is 0.147. The molecule has 4 rings (SSSR count). The average molecular weight is 486 g/mol. The van der Waals surface area contributed by atoms with Crippen LogP contribution in [0.15, 0.2) is 0 Å². The minimum atomic E-state index is -0.713. The number of carbonyl (C=O) groups is 4. The average Bonchev–Trinajstić information content (AvgIpc) is 3.61. The van der Waals surface area contributed by atoms with Gasteiger partial charge in [0.05, 0.1) is 6.07 Å². The first-order chi connectivity index (χ1) is 16.5. The molecule has 2 saturated heterocycles. The fraction of sp³-hybridized carbons (Fsp3) is 0.808. The number of hydrogen-bond acceptors (Lipinski definition) is 5. The molecule has 2 heterocycles. The fourth-order valence-corrected chi connectivity index (χ4v) is 6.06. The lowest BCUT2D eigenvalue weighted by atomic mass is 9.96. The van der Waals surface area contributed by atoms with E-state index in [0.29, 0.717) is 32.4 Å². The maximum Gasteiger partial charge on any atom is 0.245 e. The summed E-state index contributed by atoms with van der Waals surface area (Å²) >= 11 is 0. The maximum absolute atomic E-state index is 13.7. The zero-order valence-corrected chi connectivity index (χ0v) is 21.3. The molecule has 0 aromatic rings. The first kappa shape index (κ1) is 25.5. The van der Waals surface area contributed by atoms with Crippen LogP contribution in [0.2, 0.25) is 0 Å². The highest BCUT2D eigenvalue weighted by molar-refractivity contribution is 5.94. The Kier molecular flexibility index (Phi) is 7.12. The molecule has 4 fully saturated rings. The predicted octanol–water partition coefficient (Wildman–Crippen LogP) is 1.33. The van der Waals surface area contributed by atoms with Crippen LogP contribution in [0.4, 0.5) is 0 Å². The number of piperidine rings is 1. The summed E-state index contributed by atoms with van der Waals surface area (Å²) in [7, 11) is 0. The zero-order valence-electron chi connectivity index (χ0n) is 21.3. The Bertz CT molecular complexity index is 921. The Morgan fingerprint density at radius 3 is 2.46 bits per heavy atom. The number of nitrogens with one attached hydrogen (secondary N) is 3. The summed E-state index contributed by atoms with van der Waals surface area (Å²) in [4.78, 5) is 53.1. The van der Waals surface area contributed by atoms with Gasteiger partial charge in [0.2, 0.25) is 23.6 Å². The number of nitrogens with zero attached hydrogens (tertiary/aromatic N) is 2. The molecule has 2 aliphatic carbocycles. The number of likely N-dealkylation sites (tertiary alicyclic amines) is 1. The number of fused-ring (bicyclic) bond motifs is 1. The van der Waals surface area contributed by atoms with Crippen molar-refractivity contribution < 1.29 is 19.2 Å². The van der Waals surface area contributed by atoms with Crippen LogP contribution >= 0.6 is 0 Å². The molecule has 192 valence electrons. The van der Waals surface area contributed by atoms with Crippen LogP contribution in [0.5, 0.6) is 0 Å². The Balaban J connectivity index is 1.44. The van der Waals surface area contributed by atoms with Gasteiger partial charge in [0.15, 0.2) is 0 Å². The number of hydrogen-bond donors (Lipinski definition) is 3. The van der Waals surface area contributed by atoms with Gasteiger partial charge in [0.1, 0.15) is 18.1 Å². The molecule has 0 radical (unpaired) electrons. The Labute approximate surface area is 207 Å². The van der Waals surface area contributed by atoms with Crippen molar-refractivity contribution >= 4 is 23.6 Å². The zero-order chi connectivity index (χ0) is 25.5.